The predicted molar refractivity (Wildman–Crippen MR) is 74.2 cm³/mol. The van der Waals surface area contributed by atoms with Crippen molar-refractivity contribution in [1.29, 1.82) is 0 Å². The standard InChI is InChI=1S/C14H10BrClF2O/c15-9-1-3-13(18)11(7-9)14(19)6-8-5-10(16)2-4-12(8)17/h1-5,7,14,19H,6H2. The van der Waals surface area contributed by atoms with Crippen LogP contribution in [0, 0.1) is 11.6 Å². The molecule has 19 heavy (non-hydrogen) atoms. The SMILES string of the molecule is OC(Cc1cc(Cl)ccc1F)c1cc(Br)ccc1F. The maximum absolute atomic E-state index is 13.6. The summed E-state index contributed by atoms with van der Waals surface area (Å²) in [6.07, 6.45) is -1.18. The minimum absolute atomic E-state index is 0.0419. The van der Waals surface area contributed by atoms with Gasteiger partial charge < -0.3 is 5.11 Å². The second kappa shape index (κ2) is 5.99. The molecule has 0 aliphatic rings. The molecule has 1 nitrogen and oxygen atoms in total. The van der Waals surface area contributed by atoms with E-state index in [0.717, 1.165) is 0 Å². The normalized spacial score (nSPS) is 12.5. The molecule has 1 unspecified atom stereocenters. The van der Waals surface area contributed by atoms with Crippen molar-refractivity contribution in [3.05, 3.63) is 68.7 Å². The largest absolute Gasteiger partial charge is 0.388 e. The van der Waals surface area contributed by atoms with E-state index in [9.17, 15) is 13.9 Å². The molecule has 0 radical (unpaired) electrons. The molecule has 1 N–H and O–H groups in total. The third-order valence-corrected chi connectivity index (χ3v) is 3.47. The summed E-state index contributed by atoms with van der Waals surface area (Å²) in [6.45, 7) is 0. The zero-order chi connectivity index (χ0) is 14.0. The van der Waals surface area contributed by atoms with Crippen LogP contribution in [0.3, 0.4) is 0 Å². The molecular formula is C14H10BrClF2O. The molecule has 0 saturated carbocycles. The predicted octanol–water partition coefficient (Wildman–Crippen LogP) is 4.66. The number of halogens is 4. The van der Waals surface area contributed by atoms with E-state index in [1.54, 1.807) is 0 Å². The average molecular weight is 348 g/mol. The van der Waals surface area contributed by atoms with Crippen LogP contribution in [0.1, 0.15) is 17.2 Å². The van der Waals surface area contributed by atoms with E-state index in [4.69, 9.17) is 11.6 Å². The van der Waals surface area contributed by atoms with Gasteiger partial charge in [0.1, 0.15) is 11.6 Å². The van der Waals surface area contributed by atoms with E-state index in [1.807, 2.05) is 0 Å². The van der Waals surface area contributed by atoms with Gasteiger partial charge in [0.15, 0.2) is 0 Å². The third kappa shape index (κ3) is 3.53. The van der Waals surface area contributed by atoms with Crippen molar-refractivity contribution in [2.75, 3.05) is 0 Å². The van der Waals surface area contributed by atoms with Crippen LogP contribution >= 0.6 is 27.5 Å². The first kappa shape index (κ1) is 14.4. The Morgan fingerprint density at radius 3 is 2.53 bits per heavy atom. The van der Waals surface area contributed by atoms with E-state index in [-0.39, 0.29) is 17.5 Å². The van der Waals surface area contributed by atoms with Crippen molar-refractivity contribution < 1.29 is 13.9 Å². The molecule has 100 valence electrons. The molecule has 0 saturated heterocycles. The fourth-order valence-corrected chi connectivity index (χ4v) is 2.36. The van der Waals surface area contributed by atoms with Crippen molar-refractivity contribution >= 4 is 27.5 Å². The van der Waals surface area contributed by atoms with Gasteiger partial charge in [-0.15, -0.1) is 0 Å². The summed E-state index contributed by atoms with van der Waals surface area (Å²) in [5.74, 6) is -1.00. The van der Waals surface area contributed by atoms with Gasteiger partial charge in [0.2, 0.25) is 0 Å². The molecule has 0 bridgehead atoms. The fourth-order valence-electron chi connectivity index (χ4n) is 1.79. The Kier molecular flexibility index (Phi) is 4.55. The highest BCUT2D eigenvalue weighted by molar-refractivity contribution is 9.10. The Labute approximate surface area is 123 Å². The van der Waals surface area contributed by atoms with Gasteiger partial charge in [-0.1, -0.05) is 27.5 Å². The van der Waals surface area contributed by atoms with Gasteiger partial charge in [0.25, 0.3) is 0 Å². The number of hydrogen-bond donors (Lipinski definition) is 1. The lowest BCUT2D eigenvalue weighted by molar-refractivity contribution is 0.172. The first-order valence-corrected chi connectivity index (χ1v) is 6.71. The maximum atomic E-state index is 13.6. The van der Waals surface area contributed by atoms with E-state index in [0.29, 0.717) is 9.50 Å². The molecule has 2 rings (SSSR count). The Morgan fingerprint density at radius 2 is 1.79 bits per heavy atom. The summed E-state index contributed by atoms with van der Waals surface area (Å²) < 4.78 is 27.8. The lowest BCUT2D eigenvalue weighted by Crippen LogP contribution is -2.06. The molecule has 0 amide bonds. The Hall–Kier alpha value is -0.970. The number of hydrogen-bond acceptors (Lipinski definition) is 1. The van der Waals surface area contributed by atoms with Crippen molar-refractivity contribution in [2.45, 2.75) is 12.5 Å². The topological polar surface area (TPSA) is 20.2 Å². The van der Waals surface area contributed by atoms with Gasteiger partial charge in [-0.05, 0) is 42.0 Å². The van der Waals surface area contributed by atoms with E-state index in [1.165, 1.54) is 36.4 Å². The molecule has 0 aliphatic carbocycles. The zero-order valence-corrected chi connectivity index (χ0v) is 12.0. The third-order valence-electron chi connectivity index (χ3n) is 2.74. The first-order chi connectivity index (χ1) is 8.97. The summed E-state index contributed by atoms with van der Waals surface area (Å²) >= 11 is 8.98. The van der Waals surface area contributed by atoms with Crippen LogP contribution in [-0.2, 0) is 6.42 Å². The Morgan fingerprint density at radius 1 is 1.11 bits per heavy atom. The summed E-state index contributed by atoms with van der Waals surface area (Å²) in [6, 6.07) is 8.33. The highest BCUT2D eigenvalue weighted by Crippen LogP contribution is 2.26. The Bertz CT molecular complexity index is 604. The molecule has 0 heterocycles. The van der Waals surface area contributed by atoms with Gasteiger partial charge in [-0.25, -0.2) is 8.78 Å². The smallest absolute Gasteiger partial charge is 0.129 e. The molecule has 2 aromatic rings. The van der Waals surface area contributed by atoms with Crippen LogP contribution in [0.4, 0.5) is 8.78 Å². The van der Waals surface area contributed by atoms with Gasteiger partial charge in [-0.2, -0.15) is 0 Å². The monoisotopic (exact) mass is 346 g/mol. The molecule has 0 aromatic heterocycles. The second-order valence-corrected chi connectivity index (χ2v) is 5.47. The summed E-state index contributed by atoms with van der Waals surface area (Å²) in [4.78, 5) is 0. The van der Waals surface area contributed by atoms with E-state index >= 15 is 0 Å². The Balaban J connectivity index is 2.27. The quantitative estimate of drug-likeness (QED) is 0.856. The van der Waals surface area contributed by atoms with Crippen molar-refractivity contribution in [3.63, 3.8) is 0 Å². The summed E-state index contributed by atoms with van der Waals surface area (Å²) in [5.41, 5.74) is 0.369. The van der Waals surface area contributed by atoms with E-state index in [2.05, 4.69) is 15.9 Å². The number of aliphatic hydroxyl groups excluding tert-OH is 1. The molecule has 0 aliphatic heterocycles. The van der Waals surface area contributed by atoms with E-state index < -0.39 is 17.7 Å². The lowest BCUT2D eigenvalue weighted by atomic mass is 10.0. The summed E-state index contributed by atoms with van der Waals surface area (Å²) in [5, 5.41) is 10.4. The van der Waals surface area contributed by atoms with Crippen LogP contribution in [0.2, 0.25) is 5.02 Å². The average Bonchev–Trinajstić information content (AvgIpc) is 2.36. The molecule has 0 spiro atoms. The molecule has 2 aromatic carbocycles. The molecular weight excluding hydrogens is 338 g/mol. The molecule has 5 heteroatoms. The number of benzene rings is 2. The molecule has 1 atom stereocenters. The zero-order valence-electron chi connectivity index (χ0n) is 9.71. The van der Waals surface area contributed by atoms with Gasteiger partial charge in [-0.3, -0.25) is 0 Å². The maximum Gasteiger partial charge on any atom is 0.129 e. The highest BCUT2D eigenvalue weighted by Gasteiger charge is 2.16. The van der Waals surface area contributed by atoms with Crippen LogP contribution < -0.4 is 0 Å². The lowest BCUT2D eigenvalue weighted by Gasteiger charge is -2.13. The van der Waals surface area contributed by atoms with Crippen LogP contribution in [0.25, 0.3) is 0 Å². The van der Waals surface area contributed by atoms with Gasteiger partial charge >= 0.3 is 0 Å². The number of rotatable bonds is 3. The van der Waals surface area contributed by atoms with Crippen molar-refractivity contribution in [1.82, 2.24) is 0 Å². The van der Waals surface area contributed by atoms with Crippen LogP contribution in [-0.4, -0.2) is 5.11 Å². The molecule has 0 fully saturated rings. The number of aliphatic hydroxyl groups is 1. The summed E-state index contributed by atoms with van der Waals surface area (Å²) in [7, 11) is 0. The van der Waals surface area contributed by atoms with Gasteiger partial charge in [0.05, 0.1) is 6.10 Å². The van der Waals surface area contributed by atoms with Gasteiger partial charge in [0, 0.05) is 21.5 Å². The minimum Gasteiger partial charge on any atom is -0.388 e. The fraction of sp³-hybridized carbons (Fsp3) is 0.143. The first-order valence-electron chi connectivity index (χ1n) is 5.54. The van der Waals surface area contributed by atoms with Crippen LogP contribution in [0.5, 0.6) is 0 Å². The van der Waals surface area contributed by atoms with Crippen molar-refractivity contribution in [3.8, 4) is 0 Å². The minimum atomic E-state index is -1.13. The van der Waals surface area contributed by atoms with Crippen LogP contribution in [0.15, 0.2) is 40.9 Å². The highest BCUT2D eigenvalue weighted by atomic mass is 79.9. The van der Waals surface area contributed by atoms with Crippen molar-refractivity contribution in [2.24, 2.45) is 0 Å². The second-order valence-electron chi connectivity index (χ2n) is 4.12.